The Morgan fingerprint density at radius 2 is 2.00 bits per heavy atom. The molecule has 0 aliphatic rings. The van der Waals surface area contributed by atoms with Crippen molar-refractivity contribution in [1.82, 2.24) is 4.57 Å². The molecule has 7 heteroatoms. The number of nitrogens with zero attached hydrogens (tertiary/aromatic N) is 4. The van der Waals surface area contributed by atoms with Gasteiger partial charge in [-0.05, 0) is 12.5 Å². The van der Waals surface area contributed by atoms with Crippen molar-refractivity contribution in [2.45, 2.75) is 13.5 Å². The normalized spacial score (nSPS) is 12.0. The van der Waals surface area contributed by atoms with E-state index in [-0.39, 0.29) is 5.69 Å². The fourth-order valence-electron chi connectivity index (χ4n) is 2.42. The highest BCUT2D eigenvalue weighted by atomic mass is 32.1. The minimum atomic E-state index is -0.426. The van der Waals surface area contributed by atoms with Gasteiger partial charge in [-0.15, -0.1) is 16.4 Å². The van der Waals surface area contributed by atoms with E-state index in [1.165, 1.54) is 29.7 Å². The van der Waals surface area contributed by atoms with Crippen LogP contribution in [-0.4, -0.2) is 15.7 Å². The highest BCUT2D eigenvalue weighted by Crippen LogP contribution is 2.19. The summed E-state index contributed by atoms with van der Waals surface area (Å²) in [4.78, 5) is 11.2. The molecule has 1 aromatic heterocycles. The second kappa shape index (κ2) is 7.67. The quantitative estimate of drug-likeness (QED) is 0.394. The van der Waals surface area contributed by atoms with E-state index in [1.807, 2.05) is 18.2 Å². The summed E-state index contributed by atoms with van der Waals surface area (Å²) in [5.41, 5.74) is 2.90. The Kier molecular flexibility index (Phi) is 5.15. The van der Waals surface area contributed by atoms with Crippen molar-refractivity contribution in [1.29, 1.82) is 0 Å². The predicted octanol–water partition coefficient (Wildman–Crippen LogP) is 4.08. The third-order valence-electron chi connectivity index (χ3n) is 3.61. The molecule has 0 unspecified atom stereocenters. The maximum absolute atomic E-state index is 10.8. The average Bonchev–Trinajstić information content (AvgIpc) is 3.05. The van der Waals surface area contributed by atoms with Crippen LogP contribution in [0.3, 0.4) is 0 Å². The second-order valence-corrected chi connectivity index (χ2v) is 6.05. The van der Waals surface area contributed by atoms with Gasteiger partial charge in [-0.2, -0.15) is 5.10 Å². The number of aromatic nitrogens is 1. The first-order valence-corrected chi connectivity index (χ1v) is 8.62. The van der Waals surface area contributed by atoms with Crippen LogP contribution in [0.4, 0.5) is 5.69 Å². The van der Waals surface area contributed by atoms with Crippen molar-refractivity contribution in [3.8, 4) is 11.3 Å². The number of hydrogen-bond donors (Lipinski definition) is 0. The summed E-state index contributed by atoms with van der Waals surface area (Å²) in [6.45, 7) is 2.83. The molecular formula is C18H16N4O2S. The molecule has 0 saturated carbocycles. The van der Waals surface area contributed by atoms with E-state index < -0.39 is 4.92 Å². The van der Waals surface area contributed by atoms with Crippen LogP contribution in [0, 0.1) is 10.1 Å². The van der Waals surface area contributed by atoms with E-state index >= 15 is 0 Å². The molecule has 3 rings (SSSR count). The van der Waals surface area contributed by atoms with Gasteiger partial charge in [-0.3, -0.25) is 10.1 Å². The molecule has 0 saturated heterocycles. The van der Waals surface area contributed by atoms with E-state index in [0.29, 0.717) is 5.56 Å². The van der Waals surface area contributed by atoms with Crippen LogP contribution in [0.5, 0.6) is 0 Å². The average molecular weight is 352 g/mol. The van der Waals surface area contributed by atoms with Crippen molar-refractivity contribution in [2.75, 3.05) is 0 Å². The number of non-ortho nitro benzene ring substituents is 1. The number of nitro benzene ring substituents is 1. The lowest BCUT2D eigenvalue weighted by Gasteiger charge is -2.05. The molecule has 0 atom stereocenters. The van der Waals surface area contributed by atoms with E-state index in [9.17, 15) is 10.1 Å². The molecule has 1 heterocycles. The minimum Gasteiger partial charge on any atom is -0.315 e. The van der Waals surface area contributed by atoms with Gasteiger partial charge in [0, 0.05) is 29.6 Å². The second-order valence-electron chi connectivity index (χ2n) is 5.21. The standard InChI is InChI=1S/C18H16N4O2S/c1-2-21-17(15-8-4-3-5-9-15)13-25-18(21)20-19-12-14-7-6-10-16(11-14)22(23)24/h3-13H,2H2,1H3/b19-12-,20-18-. The van der Waals surface area contributed by atoms with Crippen LogP contribution in [-0.2, 0) is 6.54 Å². The van der Waals surface area contributed by atoms with Gasteiger partial charge < -0.3 is 4.57 Å². The molecule has 0 aliphatic carbocycles. The van der Waals surface area contributed by atoms with Crippen LogP contribution in [0.25, 0.3) is 11.3 Å². The van der Waals surface area contributed by atoms with Gasteiger partial charge in [0.1, 0.15) is 0 Å². The molecule has 0 radical (unpaired) electrons. The first-order chi connectivity index (χ1) is 12.2. The van der Waals surface area contributed by atoms with Crippen molar-refractivity contribution in [3.63, 3.8) is 0 Å². The number of rotatable bonds is 5. The molecule has 0 amide bonds. The zero-order valence-electron chi connectivity index (χ0n) is 13.6. The van der Waals surface area contributed by atoms with E-state index in [0.717, 1.165) is 22.6 Å². The molecule has 6 nitrogen and oxygen atoms in total. The minimum absolute atomic E-state index is 0.0371. The zero-order valence-corrected chi connectivity index (χ0v) is 14.4. The molecule has 2 aromatic carbocycles. The molecular weight excluding hydrogens is 336 g/mol. The van der Waals surface area contributed by atoms with Crippen molar-refractivity contribution in [2.24, 2.45) is 10.2 Å². The molecule has 3 aromatic rings. The van der Waals surface area contributed by atoms with Gasteiger partial charge in [0.2, 0.25) is 4.80 Å². The monoisotopic (exact) mass is 352 g/mol. The Balaban J connectivity index is 1.91. The van der Waals surface area contributed by atoms with Crippen LogP contribution in [0.15, 0.2) is 70.2 Å². The van der Waals surface area contributed by atoms with Gasteiger partial charge in [-0.25, -0.2) is 0 Å². The van der Waals surface area contributed by atoms with Gasteiger partial charge in [0.15, 0.2) is 0 Å². The van der Waals surface area contributed by atoms with Crippen LogP contribution >= 0.6 is 11.3 Å². The summed E-state index contributed by atoms with van der Waals surface area (Å²) in [5, 5.41) is 21.2. The van der Waals surface area contributed by atoms with Crippen LogP contribution in [0.2, 0.25) is 0 Å². The van der Waals surface area contributed by atoms with Crippen molar-refractivity contribution >= 4 is 23.2 Å². The highest BCUT2D eigenvalue weighted by Gasteiger charge is 2.06. The van der Waals surface area contributed by atoms with Crippen molar-refractivity contribution in [3.05, 3.63) is 80.5 Å². The highest BCUT2D eigenvalue weighted by molar-refractivity contribution is 7.07. The van der Waals surface area contributed by atoms with Crippen LogP contribution in [0.1, 0.15) is 12.5 Å². The number of thiazole rings is 1. The number of nitro groups is 1. The van der Waals surface area contributed by atoms with Crippen molar-refractivity contribution < 1.29 is 4.92 Å². The smallest absolute Gasteiger partial charge is 0.270 e. The lowest BCUT2D eigenvalue weighted by molar-refractivity contribution is -0.384. The summed E-state index contributed by atoms with van der Waals surface area (Å²) in [5.74, 6) is 0. The molecule has 0 spiro atoms. The fraction of sp³-hybridized carbons (Fsp3) is 0.111. The SMILES string of the molecule is CCn1c(-c2ccccc2)cs/c1=N\N=C/c1cccc([N+](=O)[O-])c1. The topological polar surface area (TPSA) is 72.8 Å². The Morgan fingerprint density at radius 3 is 2.72 bits per heavy atom. The Hall–Kier alpha value is -3.06. The van der Waals surface area contributed by atoms with Gasteiger partial charge in [0.05, 0.1) is 16.8 Å². The van der Waals surface area contributed by atoms with Gasteiger partial charge in [-0.1, -0.05) is 42.5 Å². The maximum atomic E-state index is 10.8. The lowest BCUT2D eigenvalue weighted by Crippen LogP contribution is -2.14. The molecule has 126 valence electrons. The van der Waals surface area contributed by atoms with Gasteiger partial charge in [0.25, 0.3) is 5.69 Å². The molecule has 0 aliphatic heterocycles. The summed E-state index contributed by atoms with van der Waals surface area (Å²) in [7, 11) is 0. The largest absolute Gasteiger partial charge is 0.315 e. The Morgan fingerprint density at radius 1 is 1.20 bits per heavy atom. The Bertz CT molecular complexity index is 974. The third kappa shape index (κ3) is 3.89. The number of benzene rings is 2. The van der Waals surface area contributed by atoms with E-state index in [4.69, 9.17) is 0 Å². The molecule has 25 heavy (non-hydrogen) atoms. The summed E-state index contributed by atoms with van der Waals surface area (Å²) in [6, 6.07) is 16.4. The first-order valence-electron chi connectivity index (χ1n) is 7.74. The molecule has 0 bridgehead atoms. The number of hydrogen-bond acceptors (Lipinski definition) is 5. The zero-order chi connectivity index (χ0) is 17.6. The molecule has 0 fully saturated rings. The fourth-order valence-corrected chi connectivity index (χ4v) is 3.35. The lowest BCUT2D eigenvalue weighted by atomic mass is 10.2. The summed E-state index contributed by atoms with van der Waals surface area (Å²) in [6.07, 6.45) is 1.52. The molecule has 0 N–H and O–H groups in total. The maximum Gasteiger partial charge on any atom is 0.270 e. The van der Waals surface area contributed by atoms with E-state index in [1.54, 1.807) is 12.1 Å². The summed E-state index contributed by atoms with van der Waals surface area (Å²) >= 11 is 1.51. The Labute approximate surface area is 148 Å². The third-order valence-corrected chi connectivity index (χ3v) is 4.47. The predicted molar refractivity (Wildman–Crippen MR) is 99.7 cm³/mol. The van der Waals surface area contributed by atoms with E-state index in [2.05, 4.69) is 39.2 Å². The summed E-state index contributed by atoms with van der Waals surface area (Å²) < 4.78 is 2.09. The first kappa shape index (κ1) is 16.8. The van der Waals surface area contributed by atoms with Gasteiger partial charge >= 0.3 is 0 Å². The van der Waals surface area contributed by atoms with Crippen LogP contribution < -0.4 is 4.80 Å².